The molecule has 2 aromatic heterocycles. The Balaban J connectivity index is 1.65. The van der Waals surface area contributed by atoms with E-state index in [4.69, 9.17) is 0 Å². The van der Waals surface area contributed by atoms with Crippen molar-refractivity contribution in [2.24, 2.45) is 0 Å². The van der Waals surface area contributed by atoms with Crippen LogP contribution < -0.4 is 4.90 Å². The van der Waals surface area contributed by atoms with Crippen molar-refractivity contribution < 1.29 is 5.11 Å². The zero-order chi connectivity index (χ0) is 16.7. The molecule has 6 nitrogen and oxygen atoms in total. The molecule has 1 aliphatic heterocycles. The highest BCUT2D eigenvalue weighted by molar-refractivity contribution is 5.91. The highest BCUT2D eigenvalue weighted by atomic mass is 16.3. The van der Waals surface area contributed by atoms with Gasteiger partial charge in [0.25, 0.3) is 0 Å². The van der Waals surface area contributed by atoms with Crippen molar-refractivity contribution in [3.8, 4) is 0 Å². The van der Waals surface area contributed by atoms with Gasteiger partial charge < -0.3 is 10.0 Å². The van der Waals surface area contributed by atoms with Crippen molar-refractivity contribution >= 4 is 16.6 Å². The second kappa shape index (κ2) is 5.56. The standard InChI is InChI=1S/C18H21N5O/c1-13(2)23-11-17(20-21-23)18(24)8-10-22(12-18)16-7-9-19-15-6-4-3-5-14(15)16/h3-7,9,11,13,24H,8,10,12H2,1-2H3/t18-/m0/s1. The van der Waals surface area contributed by atoms with Gasteiger partial charge in [-0.1, -0.05) is 23.4 Å². The second-order valence-electron chi connectivity index (χ2n) is 6.73. The SMILES string of the molecule is CC(C)n1cc([C@]2(O)CCN(c3ccnc4ccccc34)C2)nn1. The molecule has 1 atom stereocenters. The third-order valence-electron chi connectivity index (χ3n) is 4.73. The van der Waals surface area contributed by atoms with Gasteiger partial charge in [0.2, 0.25) is 0 Å². The Morgan fingerprint density at radius 2 is 2.04 bits per heavy atom. The third kappa shape index (κ3) is 2.43. The molecule has 1 aromatic carbocycles. The molecule has 3 heterocycles. The van der Waals surface area contributed by atoms with Gasteiger partial charge in [0.15, 0.2) is 0 Å². The summed E-state index contributed by atoms with van der Waals surface area (Å²) < 4.78 is 1.79. The fourth-order valence-electron chi connectivity index (χ4n) is 3.31. The minimum Gasteiger partial charge on any atom is -0.381 e. The first-order valence-corrected chi connectivity index (χ1v) is 8.30. The van der Waals surface area contributed by atoms with Crippen LogP contribution >= 0.6 is 0 Å². The molecule has 4 rings (SSSR count). The van der Waals surface area contributed by atoms with E-state index >= 15 is 0 Å². The zero-order valence-electron chi connectivity index (χ0n) is 13.9. The maximum atomic E-state index is 11.1. The van der Waals surface area contributed by atoms with Crippen LogP contribution in [0.3, 0.4) is 0 Å². The molecule has 0 bridgehead atoms. The van der Waals surface area contributed by atoms with Gasteiger partial charge in [-0.05, 0) is 26.0 Å². The third-order valence-corrected chi connectivity index (χ3v) is 4.73. The number of hydrogen-bond acceptors (Lipinski definition) is 5. The summed E-state index contributed by atoms with van der Waals surface area (Å²) in [6.45, 7) is 5.38. The lowest BCUT2D eigenvalue weighted by atomic mass is 10.00. The molecule has 124 valence electrons. The van der Waals surface area contributed by atoms with Crippen molar-refractivity contribution in [2.45, 2.75) is 31.9 Å². The van der Waals surface area contributed by atoms with Gasteiger partial charge in [0, 0.05) is 36.3 Å². The second-order valence-corrected chi connectivity index (χ2v) is 6.73. The predicted molar refractivity (Wildman–Crippen MR) is 92.9 cm³/mol. The van der Waals surface area contributed by atoms with Crippen LogP contribution in [0.2, 0.25) is 0 Å². The molecule has 1 saturated heterocycles. The Labute approximate surface area is 140 Å². The van der Waals surface area contributed by atoms with Gasteiger partial charge in [-0.3, -0.25) is 4.98 Å². The van der Waals surface area contributed by atoms with Crippen molar-refractivity contribution in [1.29, 1.82) is 0 Å². The summed E-state index contributed by atoms with van der Waals surface area (Å²) in [5, 5.41) is 20.5. The number of pyridine rings is 1. The molecular formula is C18H21N5O. The van der Waals surface area contributed by atoms with Crippen molar-refractivity contribution in [2.75, 3.05) is 18.0 Å². The van der Waals surface area contributed by atoms with Gasteiger partial charge in [-0.15, -0.1) is 5.10 Å². The van der Waals surface area contributed by atoms with Crippen LogP contribution in [0.15, 0.2) is 42.7 Å². The molecule has 0 saturated carbocycles. The van der Waals surface area contributed by atoms with Gasteiger partial charge in [-0.2, -0.15) is 0 Å². The number of aromatic nitrogens is 4. The van der Waals surface area contributed by atoms with Crippen LogP contribution in [0.5, 0.6) is 0 Å². The summed E-state index contributed by atoms with van der Waals surface area (Å²) in [4.78, 5) is 6.62. The lowest BCUT2D eigenvalue weighted by molar-refractivity contribution is 0.0559. The molecule has 0 aliphatic carbocycles. The first-order chi connectivity index (χ1) is 11.6. The highest BCUT2D eigenvalue weighted by Crippen LogP contribution is 2.36. The molecule has 3 aromatic rings. The Bertz CT molecular complexity index is 869. The summed E-state index contributed by atoms with van der Waals surface area (Å²) in [6.07, 6.45) is 4.32. The molecular weight excluding hydrogens is 302 g/mol. The van der Waals surface area contributed by atoms with E-state index in [1.807, 2.05) is 50.5 Å². The minimum absolute atomic E-state index is 0.233. The Kier molecular flexibility index (Phi) is 3.49. The fraction of sp³-hybridized carbons (Fsp3) is 0.389. The van der Waals surface area contributed by atoms with Crippen LogP contribution in [-0.2, 0) is 5.60 Å². The highest BCUT2D eigenvalue weighted by Gasteiger charge is 2.40. The van der Waals surface area contributed by atoms with E-state index in [0.29, 0.717) is 18.7 Å². The summed E-state index contributed by atoms with van der Waals surface area (Å²) in [5.41, 5.74) is 1.76. The average molecular weight is 323 g/mol. The van der Waals surface area contributed by atoms with Gasteiger partial charge >= 0.3 is 0 Å². The Hall–Kier alpha value is -2.47. The maximum Gasteiger partial charge on any atom is 0.129 e. The van der Waals surface area contributed by atoms with E-state index in [-0.39, 0.29) is 6.04 Å². The summed E-state index contributed by atoms with van der Waals surface area (Å²) in [5.74, 6) is 0. The predicted octanol–water partition coefficient (Wildman–Crippen LogP) is 2.51. The molecule has 0 spiro atoms. The number of hydrogen-bond donors (Lipinski definition) is 1. The molecule has 0 amide bonds. The van der Waals surface area contributed by atoms with Crippen LogP contribution in [0.4, 0.5) is 5.69 Å². The smallest absolute Gasteiger partial charge is 0.129 e. The topological polar surface area (TPSA) is 67.1 Å². The number of para-hydroxylation sites is 1. The van der Waals surface area contributed by atoms with Crippen molar-refractivity contribution in [1.82, 2.24) is 20.0 Å². The van der Waals surface area contributed by atoms with Crippen LogP contribution in [0, 0.1) is 0 Å². The minimum atomic E-state index is -0.961. The number of benzene rings is 1. The number of rotatable bonds is 3. The number of nitrogens with zero attached hydrogens (tertiary/aromatic N) is 5. The molecule has 1 N–H and O–H groups in total. The lowest BCUT2D eigenvalue weighted by Gasteiger charge is -2.23. The molecule has 0 radical (unpaired) electrons. The quantitative estimate of drug-likeness (QED) is 0.802. The maximum absolute atomic E-state index is 11.1. The summed E-state index contributed by atoms with van der Waals surface area (Å²) >= 11 is 0. The van der Waals surface area contributed by atoms with Gasteiger partial charge in [0.1, 0.15) is 11.3 Å². The molecule has 6 heteroatoms. The number of aliphatic hydroxyl groups is 1. The van der Waals surface area contributed by atoms with Crippen LogP contribution in [0.25, 0.3) is 10.9 Å². The number of β-amino-alcohol motifs (C(OH)–C–C–N with tert-alkyl or cyclic N) is 1. The molecule has 0 unspecified atom stereocenters. The van der Waals surface area contributed by atoms with Crippen LogP contribution in [-0.4, -0.2) is 38.2 Å². The molecule has 24 heavy (non-hydrogen) atoms. The van der Waals surface area contributed by atoms with E-state index in [1.54, 1.807) is 4.68 Å². The van der Waals surface area contributed by atoms with E-state index in [1.165, 1.54) is 0 Å². The zero-order valence-corrected chi connectivity index (χ0v) is 13.9. The van der Waals surface area contributed by atoms with Crippen molar-refractivity contribution in [3.63, 3.8) is 0 Å². The Morgan fingerprint density at radius 1 is 1.21 bits per heavy atom. The van der Waals surface area contributed by atoms with Gasteiger partial charge in [0.05, 0.1) is 18.3 Å². The first kappa shape index (κ1) is 15.1. The van der Waals surface area contributed by atoms with E-state index in [2.05, 4.69) is 26.3 Å². The summed E-state index contributed by atoms with van der Waals surface area (Å²) in [7, 11) is 0. The lowest BCUT2D eigenvalue weighted by Crippen LogP contribution is -2.31. The van der Waals surface area contributed by atoms with Crippen LogP contribution in [0.1, 0.15) is 32.0 Å². The molecule has 1 fully saturated rings. The normalized spacial score (nSPS) is 21.1. The first-order valence-electron chi connectivity index (χ1n) is 8.30. The van der Waals surface area contributed by atoms with E-state index in [0.717, 1.165) is 23.1 Å². The van der Waals surface area contributed by atoms with E-state index < -0.39 is 5.60 Å². The van der Waals surface area contributed by atoms with E-state index in [9.17, 15) is 5.11 Å². The van der Waals surface area contributed by atoms with Crippen molar-refractivity contribution in [3.05, 3.63) is 48.4 Å². The Morgan fingerprint density at radius 3 is 2.83 bits per heavy atom. The number of anilines is 1. The largest absolute Gasteiger partial charge is 0.381 e. The number of fused-ring (bicyclic) bond motifs is 1. The van der Waals surface area contributed by atoms with Gasteiger partial charge in [-0.25, -0.2) is 4.68 Å². The summed E-state index contributed by atoms with van der Waals surface area (Å²) in [6, 6.07) is 10.3. The fourth-order valence-corrected chi connectivity index (χ4v) is 3.31. The average Bonchev–Trinajstić information content (AvgIpc) is 3.22. The molecule has 1 aliphatic rings. The monoisotopic (exact) mass is 323 g/mol.